The lowest BCUT2D eigenvalue weighted by Crippen LogP contribution is -2.34. The SMILES string of the molecule is O=C(CCC1CCCCN1)Nc1ccc(F)cc1F. The van der Waals surface area contributed by atoms with Gasteiger partial charge in [0.15, 0.2) is 0 Å². The van der Waals surface area contributed by atoms with Crippen LogP contribution in [0.4, 0.5) is 14.5 Å². The molecule has 2 N–H and O–H groups in total. The maximum Gasteiger partial charge on any atom is 0.224 e. The van der Waals surface area contributed by atoms with E-state index in [0.29, 0.717) is 12.5 Å². The molecule has 1 unspecified atom stereocenters. The fraction of sp³-hybridized carbons (Fsp3) is 0.500. The molecular formula is C14H18F2N2O. The second kappa shape index (κ2) is 6.61. The number of rotatable bonds is 4. The highest BCUT2D eigenvalue weighted by Crippen LogP contribution is 2.16. The Kier molecular flexibility index (Phi) is 4.85. The predicted molar refractivity (Wildman–Crippen MR) is 69.9 cm³/mol. The van der Waals surface area contributed by atoms with Crippen LogP contribution in [0.5, 0.6) is 0 Å². The van der Waals surface area contributed by atoms with Crippen molar-refractivity contribution >= 4 is 11.6 Å². The van der Waals surface area contributed by atoms with E-state index in [0.717, 1.165) is 31.5 Å². The van der Waals surface area contributed by atoms with Gasteiger partial charge in [0, 0.05) is 18.5 Å². The van der Waals surface area contributed by atoms with E-state index in [2.05, 4.69) is 10.6 Å². The van der Waals surface area contributed by atoms with E-state index in [4.69, 9.17) is 0 Å². The fourth-order valence-corrected chi connectivity index (χ4v) is 2.28. The molecule has 3 nitrogen and oxygen atoms in total. The van der Waals surface area contributed by atoms with Crippen molar-refractivity contribution in [3.63, 3.8) is 0 Å². The number of hydrogen-bond acceptors (Lipinski definition) is 2. The van der Waals surface area contributed by atoms with Gasteiger partial charge in [-0.05, 0) is 37.9 Å². The molecule has 0 radical (unpaired) electrons. The topological polar surface area (TPSA) is 41.1 Å². The summed E-state index contributed by atoms with van der Waals surface area (Å²) in [5.41, 5.74) is 0.0306. The lowest BCUT2D eigenvalue weighted by Gasteiger charge is -2.23. The van der Waals surface area contributed by atoms with Gasteiger partial charge in [0.2, 0.25) is 5.91 Å². The molecule has 0 aliphatic carbocycles. The molecule has 104 valence electrons. The van der Waals surface area contributed by atoms with Crippen LogP contribution in [0.2, 0.25) is 0 Å². The van der Waals surface area contributed by atoms with Crippen LogP contribution in [0.3, 0.4) is 0 Å². The van der Waals surface area contributed by atoms with Crippen molar-refractivity contribution in [1.82, 2.24) is 5.32 Å². The van der Waals surface area contributed by atoms with Crippen molar-refractivity contribution in [2.24, 2.45) is 0 Å². The summed E-state index contributed by atoms with van der Waals surface area (Å²) >= 11 is 0. The molecule has 1 atom stereocenters. The van der Waals surface area contributed by atoms with Crippen LogP contribution < -0.4 is 10.6 Å². The molecule has 5 heteroatoms. The number of carbonyl (C=O) groups excluding carboxylic acids is 1. The zero-order valence-electron chi connectivity index (χ0n) is 10.7. The molecule has 1 aromatic carbocycles. The first-order valence-electron chi connectivity index (χ1n) is 6.63. The van der Waals surface area contributed by atoms with Gasteiger partial charge in [-0.15, -0.1) is 0 Å². The minimum atomic E-state index is -0.746. The highest BCUT2D eigenvalue weighted by atomic mass is 19.1. The summed E-state index contributed by atoms with van der Waals surface area (Å²) < 4.78 is 26.1. The molecule has 19 heavy (non-hydrogen) atoms. The average molecular weight is 268 g/mol. The molecule has 2 rings (SSSR count). The van der Waals surface area contributed by atoms with E-state index >= 15 is 0 Å². The van der Waals surface area contributed by atoms with Crippen molar-refractivity contribution in [1.29, 1.82) is 0 Å². The van der Waals surface area contributed by atoms with Crippen LogP contribution in [0.1, 0.15) is 32.1 Å². The van der Waals surface area contributed by atoms with Crippen molar-refractivity contribution in [3.8, 4) is 0 Å². The summed E-state index contributed by atoms with van der Waals surface area (Å²) in [6.45, 7) is 0.999. The maximum atomic E-state index is 13.3. The lowest BCUT2D eigenvalue weighted by atomic mass is 10.0. The number of piperidine rings is 1. The van der Waals surface area contributed by atoms with Gasteiger partial charge in [0.05, 0.1) is 5.69 Å². The monoisotopic (exact) mass is 268 g/mol. The zero-order valence-corrected chi connectivity index (χ0v) is 10.7. The Labute approximate surface area is 111 Å². The van der Waals surface area contributed by atoms with E-state index in [1.54, 1.807) is 0 Å². The van der Waals surface area contributed by atoms with Crippen LogP contribution in [0, 0.1) is 11.6 Å². The van der Waals surface area contributed by atoms with Gasteiger partial charge in [-0.3, -0.25) is 4.79 Å². The largest absolute Gasteiger partial charge is 0.324 e. The fourth-order valence-electron chi connectivity index (χ4n) is 2.28. The summed E-state index contributed by atoms with van der Waals surface area (Å²) in [6.07, 6.45) is 4.54. The van der Waals surface area contributed by atoms with Crippen LogP contribution in [0.15, 0.2) is 18.2 Å². The summed E-state index contributed by atoms with van der Waals surface area (Å²) in [6, 6.07) is 3.50. The van der Waals surface area contributed by atoms with Gasteiger partial charge in [0.1, 0.15) is 11.6 Å². The Morgan fingerprint density at radius 1 is 1.37 bits per heavy atom. The van der Waals surface area contributed by atoms with Gasteiger partial charge in [0.25, 0.3) is 0 Å². The molecule has 0 spiro atoms. The number of halogens is 2. The minimum Gasteiger partial charge on any atom is -0.324 e. The van der Waals surface area contributed by atoms with E-state index in [9.17, 15) is 13.6 Å². The maximum absolute atomic E-state index is 13.3. The molecule has 1 fully saturated rings. The van der Waals surface area contributed by atoms with E-state index in [1.807, 2.05) is 0 Å². The molecule has 1 heterocycles. The molecule has 0 aromatic heterocycles. The van der Waals surface area contributed by atoms with Crippen LogP contribution >= 0.6 is 0 Å². The smallest absolute Gasteiger partial charge is 0.224 e. The number of hydrogen-bond donors (Lipinski definition) is 2. The minimum absolute atomic E-state index is 0.0306. The molecule has 1 aliphatic heterocycles. The number of anilines is 1. The number of nitrogens with one attached hydrogen (secondary N) is 2. The van der Waals surface area contributed by atoms with E-state index < -0.39 is 11.6 Å². The van der Waals surface area contributed by atoms with Gasteiger partial charge in [-0.2, -0.15) is 0 Å². The van der Waals surface area contributed by atoms with Gasteiger partial charge in [-0.25, -0.2) is 8.78 Å². The number of benzene rings is 1. The molecule has 0 saturated carbocycles. The lowest BCUT2D eigenvalue weighted by molar-refractivity contribution is -0.116. The molecule has 1 aliphatic rings. The summed E-state index contributed by atoms with van der Waals surface area (Å²) in [5.74, 6) is -1.64. The van der Waals surface area contributed by atoms with Gasteiger partial charge < -0.3 is 10.6 Å². The first-order valence-corrected chi connectivity index (χ1v) is 6.63. The van der Waals surface area contributed by atoms with Crippen molar-refractivity contribution in [2.75, 3.05) is 11.9 Å². The van der Waals surface area contributed by atoms with Gasteiger partial charge in [-0.1, -0.05) is 6.42 Å². The van der Waals surface area contributed by atoms with Gasteiger partial charge >= 0.3 is 0 Å². The second-order valence-corrected chi connectivity index (χ2v) is 4.86. The Morgan fingerprint density at radius 2 is 2.21 bits per heavy atom. The standard InChI is InChI=1S/C14H18F2N2O/c15-10-4-6-13(12(16)9-10)18-14(19)7-5-11-3-1-2-8-17-11/h4,6,9,11,17H,1-3,5,7-8H2,(H,18,19). The van der Waals surface area contributed by atoms with Crippen molar-refractivity contribution in [3.05, 3.63) is 29.8 Å². The Balaban J connectivity index is 1.80. The Morgan fingerprint density at radius 3 is 2.89 bits per heavy atom. The number of carbonyl (C=O) groups is 1. The highest BCUT2D eigenvalue weighted by Gasteiger charge is 2.14. The molecular weight excluding hydrogens is 250 g/mol. The average Bonchev–Trinajstić information content (AvgIpc) is 2.41. The summed E-state index contributed by atoms with van der Waals surface area (Å²) in [7, 11) is 0. The second-order valence-electron chi connectivity index (χ2n) is 4.86. The third-order valence-electron chi connectivity index (χ3n) is 3.34. The van der Waals surface area contributed by atoms with E-state index in [1.165, 1.54) is 18.9 Å². The predicted octanol–water partition coefficient (Wildman–Crippen LogP) is 2.83. The summed E-state index contributed by atoms with van der Waals surface area (Å²) in [4.78, 5) is 11.7. The third-order valence-corrected chi connectivity index (χ3v) is 3.34. The Bertz CT molecular complexity index is 445. The quantitative estimate of drug-likeness (QED) is 0.881. The first-order chi connectivity index (χ1) is 9.15. The van der Waals surface area contributed by atoms with Crippen LogP contribution in [-0.2, 0) is 4.79 Å². The third kappa shape index (κ3) is 4.28. The number of amides is 1. The molecule has 0 bridgehead atoms. The van der Waals surface area contributed by atoms with Crippen molar-refractivity contribution in [2.45, 2.75) is 38.1 Å². The van der Waals surface area contributed by atoms with E-state index in [-0.39, 0.29) is 11.6 Å². The zero-order chi connectivity index (χ0) is 13.7. The molecule has 1 saturated heterocycles. The highest BCUT2D eigenvalue weighted by molar-refractivity contribution is 5.90. The molecule has 1 amide bonds. The summed E-state index contributed by atoms with van der Waals surface area (Å²) in [5, 5.41) is 5.82. The first kappa shape index (κ1) is 13.9. The Hall–Kier alpha value is -1.49. The van der Waals surface area contributed by atoms with Crippen LogP contribution in [0.25, 0.3) is 0 Å². The molecule has 1 aromatic rings. The van der Waals surface area contributed by atoms with Crippen molar-refractivity contribution < 1.29 is 13.6 Å². The normalized spacial score (nSPS) is 19.2. The van der Waals surface area contributed by atoms with Crippen LogP contribution in [-0.4, -0.2) is 18.5 Å².